The van der Waals surface area contributed by atoms with Crippen molar-refractivity contribution in [3.05, 3.63) is 71.3 Å². The lowest BCUT2D eigenvalue weighted by atomic mass is 9.89. The highest BCUT2D eigenvalue weighted by molar-refractivity contribution is 5.86. The number of aryl methyl sites for hydroxylation is 1. The Morgan fingerprint density at radius 1 is 1.00 bits per heavy atom. The topological polar surface area (TPSA) is 57.6 Å². The SMILES string of the molecule is O=C(O)C1CN(C(=O)C2CC23CCc2ccccc23)CC1c1ccccc1. The summed E-state index contributed by atoms with van der Waals surface area (Å²) in [5, 5.41) is 9.70. The fourth-order valence-corrected chi connectivity index (χ4v) is 5.41. The van der Waals surface area contributed by atoms with E-state index in [-0.39, 0.29) is 23.2 Å². The van der Waals surface area contributed by atoms with Crippen molar-refractivity contribution in [3.8, 4) is 0 Å². The van der Waals surface area contributed by atoms with Gasteiger partial charge in [-0.05, 0) is 36.0 Å². The van der Waals surface area contributed by atoms with E-state index in [1.807, 2.05) is 35.2 Å². The Labute approximate surface area is 158 Å². The summed E-state index contributed by atoms with van der Waals surface area (Å²) in [4.78, 5) is 26.9. The predicted molar refractivity (Wildman–Crippen MR) is 101 cm³/mol. The molecule has 1 heterocycles. The van der Waals surface area contributed by atoms with E-state index in [9.17, 15) is 14.7 Å². The molecule has 5 rings (SSSR count). The van der Waals surface area contributed by atoms with Crippen LogP contribution in [0.4, 0.5) is 0 Å². The molecular weight excluding hydrogens is 338 g/mol. The molecule has 4 unspecified atom stereocenters. The van der Waals surface area contributed by atoms with Crippen LogP contribution in [0.15, 0.2) is 54.6 Å². The second kappa shape index (κ2) is 5.95. The van der Waals surface area contributed by atoms with Gasteiger partial charge in [0.25, 0.3) is 0 Å². The zero-order valence-electron chi connectivity index (χ0n) is 15.2. The summed E-state index contributed by atoms with van der Waals surface area (Å²) in [7, 11) is 0. The minimum Gasteiger partial charge on any atom is -0.481 e. The standard InChI is InChI=1S/C23H23NO3/c25-21(20-12-23(20)11-10-16-8-4-5-9-19(16)23)24-13-17(18(14-24)22(26)27)15-6-2-1-3-7-15/h1-9,17-18,20H,10-14H2,(H,26,27). The minimum atomic E-state index is -0.809. The van der Waals surface area contributed by atoms with E-state index in [1.165, 1.54) is 11.1 Å². The van der Waals surface area contributed by atoms with Crippen molar-refractivity contribution in [1.29, 1.82) is 0 Å². The van der Waals surface area contributed by atoms with Gasteiger partial charge in [0.15, 0.2) is 0 Å². The summed E-state index contributed by atoms with van der Waals surface area (Å²) in [6.07, 6.45) is 3.00. The van der Waals surface area contributed by atoms with E-state index in [4.69, 9.17) is 0 Å². The molecule has 3 aliphatic rings. The molecule has 4 heteroatoms. The lowest BCUT2D eigenvalue weighted by molar-refractivity contribution is -0.142. The molecule has 0 bridgehead atoms. The summed E-state index contributed by atoms with van der Waals surface area (Å²) < 4.78 is 0. The van der Waals surface area contributed by atoms with Gasteiger partial charge in [0.05, 0.1) is 5.92 Å². The maximum absolute atomic E-state index is 13.3. The third kappa shape index (κ3) is 2.50. The number of likely N-dealkylation sites (tertiary alicyclic amines) is 1. The number of nitrogens with zero attached hydrogens (tertiary/aromatic N) is 1. The quantitative estimate of drug-likeness (QED) is 0.913. The van der Waals surface area contributed by atoms with Gasteiger partial charge >= 0.3 is 5.97 Å². The van der Waals surface area contributed by atoms with E-state index in [0.29, 0.717) is 13.1 Å². The molecule has 4 atom stereocenters. The molecule has 1 spiro atoms. The van der Waals surface area contributed by atoms with Gasteiger partial charge in [-0.15, -0.1) is 0 Å². The van der Waals surface area contributed by atoms with Crippen LogP contribution in [0.1, 0.15) is 35.4 Å². The number of benzene rings is 2. The second-order valence-electron chi connectivity index (χ2n) is 8.28. The number of carbonyl (C=O) groups excluding carboxylic acids is 1. The molecule has 1 N–H and O–H groups in total. The lowest BCUT2D eigenvalue weighted by Crippen LogP contribution is -2.33. The van der Waals surface area contributed by atoms with E-state index in [1.54, 1.807) is 0 Å². The number of carboxylic acid groups (broad SMARTS) is 1. The highest BCUT2D eigenvalue weighted by Gasteiger charge is 2.62. The Balaban J connectivity index is 1.37. The smallest absolute Gasteiger partial charge is 0.308 e. The third-order valence-corrected chi connectivity index (χ3v) is 6.94. The largest absolute Gasteiger partial charge is 0.481 e. The first-order valence-corrected chi connectivity index (χ1v) is 9.75. The summed E-state index contributed by atoms with van der Waals surface area (Å²) in [5.41, 5.74) is 3.74. The zero-order valence-corrected chi connectivity index (χ0v) is 15.2. The van der Waals surface area contributed by atoms with Crippen molar-refractivity contribution in [3.63, 3.8) is 0 Å². The van der Waals surface area contributed by atoms with E-state index >= 15 is 0 Å². The Morgan fingerprint density at radius 3 is 2.52 bits per heavy atom. The van der Waals surface area contributed by atoms with Crippen molar-refractivity contribution >= 4 is 11.9 Å². The number of rotatable bonds is 3. The number of carbonyl (C=O) groups is 2. The molecule has 2 aromatic carbocycles. The lowest BCUT2D eigenvalue weighted by Gasteiger charge is -2.19. The first-order valence-electron chi connectivity index (χ1n) is 9.75. The number of fused-ring (bicyclic) bond motifs is 2. The molecule has 1 saturated heterocycles. The van der Waals surface area contributed by atoms with E-state index in [0.717, 1.165) is 24.8 Å². The first kappa shape index (κ1) is 16.5. The van der Waals surface area contributed by atoms with Crippen LogP contribution in [-0.4, -0.2) is 35.0 Å². The summed E-state index contributed by atoms with van der Waals surface area (Å²) in [5.74, 6) is -1.29. The molecule has 1 aliphatic heterocycles. The zero-order chi connectivity index (χ0) is 18.6. The van der Waals surface area contributed by atoms with Gasteiger partial charge in [-0.2, -0.15) is 0 Å². The molecule has 4 nitrogen and oxygen atoms in total. The number of hydrogen-bond donors (Lipinski definition) is 1. The Bertz CT molecular complexity index is 909. The first-order chi connectivity index (χ1) is 13.1. The van der Waals surface area contributed by atoms with Gasteiger partial charge in [-0.25, -0.2) is 0 Å². The van der Waals surface area contributed by atoms with Gasteiger partial charge in [0, 0.05) is 30.3 Å². The van der Waals surface area contributed by atoms with Crippen molar-refractivity contribution in [2.75, 3.05) is 13.1 Å². The average Bonchev–Trinajstić information content (AvgIpc) is 3.06. The normalized spacial score (nSPS) is 31.1. The van der Waals surface area contributed by atoms with E-state index < -0.39 is 11.9 Å². The van der Waals surface area contributed by atoms with Gasteiger partial charge in [-0.3, -0.25) is 9.59 Å². The third-order valence-electron chi connectivity index (χ3n) is 6.94. The summed E-state index contributed by atoms with van der Waals surface area (Å²) in [6.45, 7) is 0.829. The van der Waals surface area contributed by atoms with Gasteiger partial charge < -0.3 is 10.0 Å². The maximum atomic E-state index is 13.3. The molecule has 2 fully saturated rings. The number of aliphatic carboxylic acids is 1. The number of carboxylic acids is 1. The average molecular weight is 361 g/mol. The van der Waals surface area contributed by atoms with Crippen LogP contribution in [0, 0.1) is 11.8 Å². The van der Waals surface area contributed by atoms with Gasteiger partial charge in [0.1, 0.15) is 0 Å². The highest BCUT2D eigenvalue weighted by atomic mass is 16.4. The molecule has 0 aromatic heterocycles. The van der Waals surface area contributed by atoms with Crippen LogP contribution in [0.3, 0.4) is 0 Å². The maximum Gasteiger partial charge on any atom is 0.308 e. The Kier molecular flexibility index (Phi) is 3.64. The molecule has 27 heavy (non-hydrogen) atoms. The Morgan fingerprint density at radius 2 is 1.74 bits per heavy atom. The molecule has 2 aliphatic carbocycles. The molecule has 1 saturated carbocycles. The van der Waals surface area contributed by atoms with Crippen molar-refractivity contribution in [2.24, 2.45) is 11.8 Å². The van der Waals surface area contributed by atoms with Gasteiger partial charge in [0.2, 0.25) is 5.91 Å². The molecule has 0 radical (unpaired) electrons. The minimum absolute atomic E-state index is 0.0111. The highest BCUT2D eigenvalue weighted by Crippen LogP contribution is 2.62. The molecule has 1 amide bonds. The van der Waals surface area contributed by atoms with E-state index in [2.05, 4.69) is 24.3 Å². The number of hydrogen-bond acceptors (Lipinski definition) is 2. The van der Waals surface area contributed by atoms with Crippen LogP contribution in [-0.2, 0) is 21.4 Å². The number of amides is 1. The van der Waals surface area contributed by atoms with Gasteiger partial charge in [-0.1, -0.05) is 54.6 Å². The predicted octanol–water partition coefficient (Wildman–Crippen LogP) is 3.22. The fraction of sp³-hybridized carbons (Fsp3) is 0.391. The van der Waals surface area contributed by atoms with Crippen LogP contribution < -0.4 is 0 Å². The van der Waals surface area contributed by atoms with Crippen LogP contribution >= 0.6 is 0 Å². The van der Waals surface area contributed by atoms with Crippen molar-refractivity contribution in [2.45, 2.75) is 30.6 Å². The van der Waals surface area contributed by atoms with Crippen LogP contribution in [0.5, 0.6) is 0 Å². The monoisotopic (exact) mass is 361 g/mol. The second-order valence-corrected chi connectivity index (χ2v) is 8.28. The summed E-state index contributed by atoms with van der Waals surface area (Å²) >= 11 is 0. The molecular formula is C23H23NO3. The van der Waals surface area contributed by atoms with Crippen LogP contribution in [0.2, 0.25) is 0 Å². The van der Waals surface area contributed by atoms with Crippen LogP contribution in [0.25, 0.3) is 0 Å². The molecule has 2 aromatic rings. The summed E-state index contributed by atoms with van der Waals surface area (Å²) in [6, 6.07) is 18.2. The fourth-order valence-electron chi connectivity index (χ4n) is 5.41. The van der Waals surface area contributed by atoms with Crippen molar-refractivity contribution in [1.82, 2.24) is 4.90 Å². The van der Waals surface area contributed by atoms with Crippen molar-refractivity contribution < 1.29 is 14.7 Å². The molecule has 138 valence electrons. The Hall–Kier alpha value is -2.62.